The molecule has 1 rings (SSSR count). The average Bonchev–Trinajstić information content (AvgIpc) is 2.35. The van der Waals surface area contributed by atoms with Gasteiger partial charge < -0.3 is 9.84 Å². The van der Waals surface area contributed by atoms with Crippen molar-refractivity contribution < 1.29 is 23.1 Å². The van der Waals surface area contributed by atoms with E-state index in [4.69, 9.17) is 9.84 Å². The number of para-hydroxylation sites is 1. The molecule has 0 spiro atoms. The number of sulfonamides is 1. The third-order valence-electron chi connectivity index (χ3n) is 2.57. The standard InChI is InChI=1S/C12H17NO5S/c1-8(2)11(12(14)15)13-19(16,17)10-7-5-4-6-9(10)18-3/h4-8,11,13H,1-3H3,(H,14,15)/t11-/m0/s1. The SMILES string of the molecule is COc1ccccc1S(=O)(=O)N[C@H](C(=O)O)C(C)C. The molecule has 0 amide bonds. The summed E-state index contributed by atoms with van der Waals surface area (Å²) in [6, 6.07) is 4.85. The van der Waals surface area contributed by atoms with Crippen LogP contribution in [-0.4, -0.2) is 32.6 Å². The van der Waals surface area contributed by atoms with Crippen LogP contribution in [0.15, 0.2) is 29.2 Å². The van der Waals surface area contributed by atoms with Crippen LogP contribution in [0.2, 0.25) is 0 Å². The molecule has 2 N–H and O–H groups in total. The topological polar surface area (TPSA) is 92.7 Å². The van der Waals surface area contributed by atoms with Gasteiger partial charge in [0.2, 0.25) is 10.0 Å². The summed E-state index contributed by atoms with van der Waals surface area (Å²) < 4.78 is 31.5. The van der Waals surface area contributed by atoms with Gasteiger partial charge in [-0.3, -0.25) is 4.79 Å². The van der Waals surface area contributed by atoms with E-state index >= 15 is 0 Å². The molecule has 6 nitrogen and oxygen atoms in total. The van der Waals surface area contributed by atoms with Crippen LogP contribution < -0.4 is 9.46 Å². The van der Waals surface area contributed by atoms with Crippen molar-refractivity contribution >= 4 is 16.0 Å². The second kappa shape index (κ2) is 6.03. The number of rotatable bonds is 6. The van der Waals surface area contributed by atoms with Crippen LogP contribution in [-0.2, 0) is 14.8 Å². The molecular weight excluding hydrogens is 270 g/mol. The molecule has 0 aromatic heterocycles. The van der Waals surface area contributed by atoms with Crippen LogP contribution in [0.5, 0.6) is 5.75 Å². The van der Waals surface area contributed by atoms with Crippen LogP contribution in [0, 0.1) is 5.92 Å². The Hall–Kier alpha value is -1.60. The third kappa shape index (κ3) is 3.68. The fourth-order valence-electron chi connectivity index (χ4n) is 1.54. The van der Waals surface area contributed by atoms with E-state index in [1.807, 2.05) is 0 Å². The zero-order valence-corrected chi connectivity index (χ0v) is 11.8. The van der Waals surface area contributed by atoms with Gasteiger partial charge in [-0.05, 0) is 18.1 Å². The minimum absolute atomic E-state index is 0.0793. The number of carboxylic acid groups (broad SMARTS) is 1. The highest BCUT2D eigenvalue weighted by atomic mass is 32.2. The maximum Gasteiger partial charge on any atom is 0.322 e. The zero-order valence-electron chi connectivity index (χ0n) is 11.0. The van der Waals surface area contributed by atoms with Crippen LogP contribution in [0.4, 0.5) is 0 Å². The van der Waals surface area contributed by atoms with Crippen LogP contribution in [0.3, 0.4) is 0 Å². The minimum atomic E-state index is -3.95. The Bertz CT molecular complexity index is 553. The summed E-state index contributed by atoms with van der Waals surface area (Å²) in [5, 5.41) is 9.02. The number of ether oxygens (including phenoxy) is 1. The number of hydrogen-bond acceptors (Lipinski definition) is 4. The molecule has 0 unspecified atom stereocenters. The molecule has 1 aromatic rings. The van der Waals surface area contributed by atoms with Crippen molar-refractivity contribution in [2.24, 2.45) is 5.92 Å². The maximum absolute atomic E-state index is 12.2. The highest BCUT2D eigenvalue weighted by Crippen LogP contribution is 2.23. The highest BCUT2D eigenvalue weighted by molar-refractivity contribution is 7.89. The van der Waals surface area contributed by atoms with Gasteiger partial charge in [-0.25, -0.2) is 8.42 Å². The number of hydrogen-bond donors (Lipinski definition) is 2. The summed E-state index contributed by atoms with van der Waals surface area (Å²) >= 11 is 0. The highest BCUT2D eigenvalue weighted by Gasteiger charge is 2.29. The zero-order chi connectivity index (χ0) is 14.6. The first-order valence-electron chi connectivity index (χ1n) is 5.67. The van der Waals surface area contributed by atoms with Gasteiger partial charge in [0.1, 0.15) is 16.7 Å². The van der Waals surface area contributed by atoms with Crippen molar-refractivity contribution in [3.8, 4) is 5.75 Å². The fourth-order valence-corrected chi connectivity index (χ4v) is 3.05. The van der Waals surface area contributed by atoms with E-state index in [1.165, 1.54) is 19.2 Å². The van der Waals surface area contributed by atoms with Crippen LogP contribution >= 0.6 is 0 Å². The van der Waals surface area contributed by atoms with Crippen LogP contribution in [0.25, 0.3) is 0 Å². The van der Waals surface area contributed by atoms with E-state index in [1.54, 1.807) is 26.0 Å². The number of aliphatic carboxylic acids is 1. The lowest BCUT2D eigenvalue weighted by Gasteiger charge is -2.18. The normalized spacial score (nSPS) is 13.3. The molecule has 1 aromatic carbocycles. The number of carboxylic acids is 1. The Labute approximate surface area is 112 Å². The first-order valence-corrected chi connectivity index (χ1v) is 7.16. The molecule has 106 valence electrons. The quantitative estimate of drug-likeness (QED) is 0.816. The first-order chi connectivity index (χ1) is 8.79. The molecule has 0 radical (unpaired) electrons. The Morgan fingerprint density at radius 2 is 1.89 bits per heavy atom. The monoisotopic (exact) mass is 287 g/mol. The fraction of sp³-hybridized carbons (Fsp3) is 0.417. The van der Waals surface area contributed by atoms with Gasteiger partial charge in [0.05, 0.1) is 7.11 Å². The van der Waals surface area contributed by atoms with Gasteiger partial charge in [-0.15, -0.1) is 0 Å². The Balaban J connectivity index is 3.14. The molecule has 0 heterocycles. The molecule has 0 aliphatic carbocycles. The lowest BCUT2D eigenvalue weighted by atomic mass is 10.1. The van der Waals surface area contributed by atoms with Gasteiger partial charge in [-0.2, -0.15) is 4.72 Å². The van der Waals surface area contributed by atoms with E-state index in [2.05, 4.69) is 4.72 Å². The van der Waals surface area contributed by atoms with E-state index < -0.39 is 22.0 Å². The van der Waals surface area contributed by atoms with Crippen molar-refractivity contribution in [2.45, 2.75) is 24.8 Å². The Kier molecular flexibility index (Phi) is 4.90. The number of nitrogens with one attached hydrogen (secondary N) is 1. The van der Waals surface area contributed by atoms with Crippen molar-refractivity contribution in [1.29, 1.82) is 0 Å². The Morgan fingerprint density at radius 1 is 1.32 bits per heavy atom. The maximum atomic E-state index is 12.2. The van der Waals surface area contributed by atoms with E-state index in [0.29, 0.717) is 0 Å². The van der Waals surface area contributed by atoms with Gasteiger partial charge in [0.25, 0.3) is 0 Å². The lowest BCUT2D eigenvalue weighted by molar-refractivity contribution is -0.140. The molecule has 0 aliphatic heterocycles. The number of carbonyl (C=O) groups is 1. The van der Waals surface area contributed by atoms with Crippen molar-refractivity contribution in [3.63, 3.8) is 0 Å². The summed E-state index contributed by atoms with van der Waals surface area (Å²) in [6.07, 6.45) is 0. The summed E-state index contributed by atoms with van der Waals surface area (Å²) in [6.45, 7) is 3.26. The van der Waals surface area contributed by atoms with E-state index in [-0.39, 0.29) is 16.6 Å². The smallest absolute Gasteiger partial charge is 0.322 e. The average molecular weight is 287 g/mol. The Morgan fingerprint density at radius 3 is 2.37 bits per heavy atom. The molecule has 1 atom stereocenters. The molecule has 0 aliphatic rings. The summed E-state index contributed by atoms with van der Waals surface area (Å²) in [5.74, 6) is -1.42. The van der Waals surface area contributed by atoms with Gasteiger partial charge in [-0.1, -0.05) is 26.0 Å². The lowest BCUT2D eigenvalue weighted by Crippen LogP contribution is -2.44. The number of benzene rings is 1. The van der Waals surface area contributed by atoms with E-state index in [9.17, 15) is 13.2 Å². The second-order valence-corrected chi connectivity index (χ2v) is 6.01. The van der Waals surface area contributed by atoms with Crippen molar-refractivity contribution in [1.82, 2.24) is 4.72 Å². The van der Waals surface area contributed by atoms with Gasteiger partial charge >= 0.3 is 5.97 Å². The largest absolute Gasteiger partial charge is 0.495 e. The second-order valence-electron chi connectivity index (χ2n) is 4.33. The summed E-state index contributed by atoms with van der Waals surface area (Å²) in [4.78, 5) is 11.0. The molecule has 19 heavy (non-hydrogen) atoms. The summed E-state index contributed by atoms with van der Waals surface area (Å²) in [7, 11) is -2.60. The molecule has 0 saturated carbocycles. The predicted octanol–water partition coefficient (Wildman–Crippen LogP) is 1.08. The van der Waals surface area contributed by atoms with Crippen molar-refractivity contribution in [3.05, 3.63) is 24.3 Å². The molecule has 7 heteroatoms. The third-order valence-corrected chi connectivity index (χ3v) is 4.05. The van der Waals surface area contributed by atoms with E-state index in [0.717, 1.165) is 0 Å². The molecule has 0 saturated heterocycles. The molecule has 0 bridgehead atoms. The van der Waals surface area contributed by atoms with Crippen LogP contribution in [0.1, 0.15) is 13.8 Å². The summed E-state index contributed by atoms with van der Waals surface area (Å²) in [5.41, 5.74) is 0. The predicted molar refractivity (Wildman–Crippen MR) is 69.6 cm³/mol. The molecule has 0 fully saturated rings. The van der Waals surface area contributed by atoms with Gasteiger partial charge in [0.15, 0.2) is 0 Å². The molecular formula is C12H17NO5S. The van der Waals surface area contributed by atoms with Gasteiger partial charge in [0, 0.05) is 0 Å². The number of methoxy groups -OCH3 is 1. The first kappa shape index (κ1) is 15.5. The van der Waals surface area contributed by atoms with Crippen molar-refractivity contribution in [2.75, 3.05) is 7.11 Å². The minimum Gasteiger partial charge on any atom is -0.495 e.